The first-order valence-corrected chi connectivity index (χ1v) is 6.70. The van der Waals surface area contributed by atoms with E-state index in [0.29, 0.717) is 0 Å². The van der Waals surface area contributed by atoms with Crippen LogP contribution in [0, 0.1) is 0 Å². The second kappa shape index (κ2) is 4.69. The maximum absolute atomic E-state index is 6.47. The molecule has 0 aliphatic carbocycles. The quantitative estimate of drug-likeness (QED) is 0.777. The molecule has 3 heteroatoms. The van der Waals surface area contributed by atoms with Crippen LogP contribution >= 0.6 is 11.6 Å². The molecule has 0 N–H and O–H groups in total. The molecule has 2 nitrogen and oxygen atoms in total. The van der Waals surface area contributed by atoms with E-state index in [-0.39, 0.29) is 5.38 Å². The van der Waals surface area contributed by atoms with Crippen molar-refractivity contribution < 1.29 is 9.15 Å². The number of alkyl halides is 1. The molecule has 0 radical (unpaired) electrons. The predicted molar refractivity (Wildman–Crippen MR) is 71.4 cm³/mol. The fourth-order valence-corrected chi connectivity index (χ4v) is 2.50. The first-order valence-electron chi connectivity index (χ1n) is 6.26. The van der Waals surface area contributed by atoms with Crippen LogP contribution in [0.15, 0.2) is 34.7 Å². The van der Waals surface area contributed by atoms with E-state index in [1.165, 1.54) is 5.56 Å². The highest BCUT2D eigenvalue weighted by Gasteiger charge is 2.18. The number of benzene rings is 1. The molecule has 2 aromatic rings. The topological polar surface area (TPSA) is 22.4 Å². The fraction of sp³-hybridized carbons (Fsp3) is 0.333. The van der Waals surface area contributed by atoms with Gasteiger partial charge in [0.25, 0.3) is 0 Å². The van der Waals surface area contributed by atoms with Gasteiger partial charge in [-0.15, -0.1) is 11.6 Å². The van der Waals surface area contributed by atoms with Crippen molar-refractivity contribution in [3.05, 3.63) is 53.0 Å². The minimum absolute atomic E-state index is 0.226. The molecule has 0 bridgehead atoms. The van der Waals surface area contributed by atoms with E-state index in [9.17, 15) is 0 Å². The number of halogens is 1. The average molecular weight is 263 g/mol. The predicted octanol–water partition coefficient (Wildman–Crippen LogP) is 4.11. The zero-order chi connectivity index (χ0) is 12.5. The monoisotopic (exact) mass is 262 g/mol. The van der Waals surface area contributed by atoms with Gasteiger partial charge in [-0.3, -0.25) is 0 Å². The molecule has 1 aromatic carbocycles. The number of aryl methyl sites for hydroxylation is 1. The van der Waals surface area contributed by atoms with E-state index < -0.39 is 0 Å². The Morgan fingerprint density at radius 3 is 2.94 bits per heavy atom. The number of fused-ring (bicyclic) bond motifs is 1. The summed E-state index contributed by atoms with van der Waals surface area (Å²) in [5.74, 6) is 2.77. The maximum atomic E-state index is 6.47. The zero-order valence-corrected chi connectivity index (χ0v) is 11.0. The van der Waals surface area contributed by atoms with E-state index in [1.54, 1.807) is 0 Å². The van der Waals surface area contributed by atoms with Gasteiger partial charge in [0.1, 0.15) is 22.6 Å². The van der Waals surface area contributed by atoms with Crippen molar-refractivity contribution in [2.45, 2.75) is 25.1 Å². The Morgan fingerprint density at radius 1 is 1.28 bits per heavy atom. The van der Waals surface area contributed by atoms with Gasteiger partial charge in [-0.25, -0.2) is 0 Å². The van der Waals surface area contributed by atoms with E-state index in [0.717, 1.165) is 42.3 Å². The number of hydrogen-bond acceptors (Lipinski definition) is 2. The van der Waals surface area contributed by atoms with E-state index in [4.69, 9.17) is 20.8 Å². The zero-order valence-electron chi connectivity index (χ0n) is 10.3. The van der Waals surface area contributed by atoms with E-state index >= 15 is 0 Å². The van der Waals surface area contributed by atoms with Crippen LogP contribution in [-0.4, -0.2) is 6.61 Å². The second-order valence-corrected chi connectivity index (χ2v) is 4.92. The van der Waals surface area contributed by atoms with Crippen molar-refractivity contribution in [3.8, 4) is 5.75 Å². The Kier molecular flexibility index (Phi) is 3.04. The van der Waals surface area contributed by atoms with Crippen molar-refractivity contribution in [1.82, 2.24) is 0 Å². The third-order valence-corrected chi connectivity index (χ3v) is 3.75. The van der Waals surface area contributed by atoms with Crippen LogP contribution in [0.4, 0.5) is 0 Å². The highest BCUT2D eigenvalue weighted by Crippen LogP contribution is 2.34. The Morgan fingerprint density at radius 2 is 2.17 bits per heavy atom. The lowest BCUT2D eigenvalue weighted by Gasteiger charge is -2.08. The van der Waals surface area contributed by atoms with Gasteiger partial charge < -0.3 is 9.15 Å². The highest BCUT2D eigenvalue weighted by molar-refractivity contribution is 6.22. The van der Waals surface area contributed by atoms with Crippen molar-refractivity contribution in [1.29, 1.82) is 0 Å². The molecule has 1 aliphatic heterocycles. The normalized spacial score (nSPS) is 15.2. The van der Waals surface area contributed by atoms with Gasteiger partial charge in [0.05, 0.1) is 6.61 Å². The summed E-state index contributed by atoms with van der Waals surface area (Å²) in [6, 6.07) is 10.1. The van der Waals surface area contributed by atoms with Crippen LogP contribution in [0.3, 0.4) is 0 Å². The number of rotatable bonds is 3. The minimum atomic E-state index is -0.226. The van der Waals surface area contributed by atoms with E-state index in [1.807, 2.05) is 24.3 Å². The molecular formula is C15H15ClO2. The molecule has 1 unspecified atom stereocenters. The summed E-state index contributed by atoms with van der Waals surface area (Å²) >= 11 is 6.47. The molecule has 0 saturated carbocycles. The maximum Gasteiger partial charge on any atom is 0.126 e. The molecule has 18 heavy (non-hydrogen) atoms. The summed E-state index contributed by atoms with van der Waals surface area (Å²) in [7, 11) is 0. The molecule has 0 amide bonds. The first kappa shape index (κ1) is 11.7. The summed E-state index contributed by atoms with van der Waals surface area (Å²) < 4.78 is 11.2. The molecule has 1 atom stereocenters. The number of furan rings is 1. The van der Waals surface area contributed by atoms with Gasteiger partial charge in [0.2, 0.25) is 0 Å². The van der Waals surface area contributed by atoms with Crippen LogP contribution in [0.25, 0.3) is 0 Å². The Balaban J connectivity index is 1.89. The van der Waals surface area contributed by atoms with Crippen LogP contribution in [0.1, 0.15) is 34.9 Å². The molecule has 3 rings (SSSR count). The van der Waals surface area contributed by atoms with Crippen LogP contribution in [0.2, 0.25) is 0 Å². The first-order chi connectivity index (χ1) is 8.78. The van der Waals surface area contributed by atoms with Crippen LogP contribution < -0.4 is 4.74 Å². The van der Waals surface area contributed by atoms with Gasteiger partial charge in [-0.2, -0.15) is 0 Å². The van der Waals surface area contributed by atoms with Gasteiger partial charge >= 0.3 is 0 Å². The summed E-state index contributed by atoms with van der Waals surface area (Å²) in [6.07, 6.45) is 1.85. The second-order valence-electron chi connectivity index (χ2n) is 4.49. The molecular weight excluding hydrogens is 248 g/mol. The van der Waals surface area contributed by atoms with Crippen molar-refractivity contribution in [3.63, 3.8) is 0 Å². The van der Waals surface area contributed by atoms with Crippen molar-refractivity contribution >= 4 is 11.6 Å². The number of ether oxygens (including phenoxy) is 1. The lowest BCUT2D eigenvalue weighted by Crippen LogP contribution is -1.92. The number of hydrogen-bond donors (Lipinski definition) is 0. The van der Waals surface area contributed by atoms with Gasteiger partial charge in [0.15, 0.2) is 0 Å². The Bertz CT molecular complexity index is 559. The van der Waals surface area contributed by atoms with Crippen molar-refractivity contribution in [2.75, 3.05) is 6.61 Å². The lowest BCUT2D eigenvalue weighted by atomic mass is 10.0. The average Bonchev–Trinajstić information content (AvgIpc) is 3.05. The minimum Gasteiger partial charge on any atom is -0.493 e. The fourth-order valence-electron chi connectivity index (χ4n) is 2.25. The molecule has 0 spiro atoms. The highest BCUT2D eigenvalue weighted by atomic mass is 35.5. The Labute approximate surface area is 112 Å². The summed E-state index contributed by atoms with van der Waals surface area (Å²) in [4.78, 5) is 0. The van der Waals surface area contributed by atoms with Gasteiger partial charge in [-0.1, -0.05) is 19.1 Å². The third-order valence-electron chi connectivity index (χ3n) is 3.29. The largest absolute Gasteiger partial charge is 0.493 e. The summed E-state index contributed by atoms with van der Waals surface area (Å²) in [5, 5.41) is -0.226. The molecule has 94 valence electrons. The third kappa shape index (κ3) is 2.01. The summed E-state index contributed by atoms with van der Waals surface area (Å²) in [6.45, 7) is 2.84. The van der Waals surface area contributed by atoms with Crippen LogP contribution in [-0.2, 0) is 12.8 Å². The van der Waals surface area contributed by atoms with Gasteiger partial charge in [-0.05, 0) is 29.3 Å². The van der Waals surface area contributed by atoms with E-state index in [2.05, 4.69) is 13.0 Å². The molecule has 2 heterocycles. The standard InChI is InChI=1S/C15H15ClO2/c1-2-12-4-6-14(18-12)15(16)11-3-5-13-10(9-11)7-8-17-13/h3-6,9,15H,2,7-8H2,1H3. The molecule has 0 saturated heterocycles. The molecule has 1 aromatic heterocycles. The smallest absolute Gasteiger partial charge is 0.126 e. The molecule has 1 aliphatic rings. The van der Waals surface area contributed by atoms with Crippen LogP contribution in [0.5, 0.6) is 5.75 Å². The summed E-state index contributed by atoms with van der Waals surface area (Å²) in [5.41, 5.74) is 2.30. The Hall–Kier alpha value is -1.41. The van der Waals surface area contributed by atoms with Crippen molar-refractivity contribution in [2.24, 2.45) is 0 Å². The SMILES string of the molecule is CCc1ccc(C(Cl)c2ccc3c(c2)CCO3)o1. The molecule has 0 fully saturated rings. The lowest BCUT2D eigenvalue weighted by molar-refractivity contribution is 0.357. The van der Waals surface area contributed by atoms with Gasteiger partial charge in [0, 0.05) is 12.8 Å².